The molecule has 1 aliphatic heterocycles. The second-order valence-electron chi connectivity index (χ2n) is 4.60. The Morgan fingerprint density at radius 3 is 2.74 bits per heavy atom. The van der Waals surface area contributed by atoms with Gasteiger partial charge in [-0.1, -0.05) is 15.9 Å². The maximum absolute atomic E-state index is 11.8. The van der Waals surface area contributed by atoms with Crippen molar-refractivity contribution in [2.45, 2.75) is 18.8 Å². The molecule has 1 saturated heterocycles. The van der Waals surface area contributed by atoms with Crippen molar-refractivity contribution in [3.63, 3.8) is 0 Å². The minimum Gasteiger partial charge on any atom is -0.496 e. The lowest BCUT2D eigenvalue weighted by Crippen LogP contribution is -2.48. The summed E-state index contributed by atoms with van der Waals surface area (Å²) in [5.74, 6) is 0.573. The molecule has 104 valence electrons. The third-order valence-electron chi connectivity index (χ3n) is 3.28. The molecule has 0 spiro atoms. The van der Waals surface area contributed by atoms with Gasteiger partial charge in [-0.15, -0.1) is 0 Å². The molecule has 0 unspecified atom stereocenters. The molecule has 0 atom stereocenters. The zero-order chi connectivity index (χ0) is 13.9. The van der Waals surface area contributed by atoms with E-state index in [4.69, 9.17) is 14.2 Å². The molecule has 0 aliphatic carbocycles. The van der Waals surface area contributed by atoms with Gasteiger partial charge in [-0.25, -0.2) is 0 Å². The maximum Gasteiger partial charge on any atom is 0.306 e. The molecule has 2 rings (SSSR count). The van der Waals surface area contributed by atoms with Crippen LogP contribution in [0, 0.1) is 0 Å². The summed E-state index contributed by atoms with van der Waals surface area (Å²) in [6.45, 7) is 3.23. The molecule has 0 radical (unpaired) electrons. The van der Waals surface area contributed by atoms with Crippen LogP contribution in [0.4, 0.5) is 0 Å². The highest BCUT2D eigenvalue weighted by atomic mass is 79.9. The summed E-state index contributed by atoms with van der Waals surface area (Å²) in [5.41, 5.74) is 0.658. The Kier molecular flexibility index (Phi) is 4.47. The van der Waals surface area contributed by atoms with Crippen molar-refractivity contribution < 1.29 is 19.0 Å². The van der Waals surface area contributed by atoms with E-state index < -0.39 is 0 Å². The highest BCUT2D eigenvalue weighted by Crippen LogP contribution is 2.42. The number of hydrogen-bond acceptors (Lipinski definition) is 4. The molecule has 0 aromatic heterocycles. The van der Waals surface area contributed by atoms with Crippen LogP contribution in [0.3, 0.4) is 0 Å². The number of esters is 1. The summed E-state index contributed by atoms with van der Waals surface area (Å²) in [7, 11) is 1.63. The van der Waals surface area contributed by atoms with Crippen LogP contribution in [0.15, 0.2) is 22.7 Å². The fourth-order valence-corrected chi connectivity index (χ4v) is 2.65. The summed E-state index contributed by atoms with van der Waals surface area (Å²) < 4.78 is 16.7. The molecular formula is C14H17BrO4. The Morgan fingerprint density at radius 2 is 2.21 bits per heavy atom. The van der Waals surface area contributed by atoms with Gasteiger partial charge >= 0.3 is 5.97 Å². The smallest absolute Gasteiger partial charge is 0.306 e. The van der Waals surface area contributed by atoms with Crippen molar-refractivity contribution in [1.29, 1.82) is 0 Å². The predicted molar refractivity (Wildman–Crippen MR) is 74.4 cm³/mol. The second kappa shape index (κ2) is 5.92. The van der Waals surface area contributed by atoms with Crippen molar-refractivity contribution in [2.75, 3.05) is 26.9 Å². The van der Waals surface area contributed by atoms with Crippen LogP contribution in [0.25, 0.3) is 0 Å². The molecule has 0 N–H and O–H groups in total. The highest BCUT2D eigenvalue weighted by molar-refractivity contribution is 9.10. The van der Waals surface area contributed by atoms with Crippen LogP contribution in [-0.2, 0) is 19.7 Å². The van der Waals surface area contributed by atoms with Crippen LogP contribution in [0.2, 0.25) is 0 Å². The maximum atomic E-state index is 11.8. The zero-order valence-corrected chi connectivity index (χ0v) is 12.7. The summed E-state index contributed by atoms with van der Waals surface area (Å²) in [6, 6.07) is 5.80. The number of carbonyl (C=O) groups excluding carboxylic acids is 1. The summed E-state index contributed by atoms with van der Waals surface area (Å²) in [6.07, 6.45) is 0.313. The number of methoxy groups -OCH3 is 1. The molecule has 19 heavy (non-hydrogen) atoms. The van der Waals surface area contributed by atoms with Crippen LogP contribution in [0.5, 0.6) is 5.75 Å². The lowest BCUT2D eigenvalue weighted by atomic mass is 9.75. The number of ether oxygens (including phenoxy) is 3. The van der Waals surface area contributed by atoms with Gasteiger partial charge in [0.2, 0.25) is 0 Å². The van der Waals surface area contributed by atoms with Crippen LogP contribution >= 0.6 is 15.9 Å². The number of carbonyl (C=O) groups is 1. The van der Waals surface area contributed by atoms with Crippen molar-refractivity contribution in [2.24, 2.45) is 0 Å². The highest BCUT2D eigenvalue weighted by Gasteiger charge is 2.44. The Balaban J connectivity index is 2.30. The summed E-state index contributed by atoms with van der Waals surface area (Å²) in [4.78, 5) is 11.8. The van der Waals surface area contributed by atoms with Gasteiger partial charge in [-0.2, -0.15) is 0 Å². The lowest BCUT2D eigenvalue weighted by Gasteiger charge is -2.41. The zero-order valence-electron chi connectivity index (χ0n) is 11.1. The normalized spacial score (nSPS) is 16.6. The van der Waals surface area contributed by atoms with E-state index in [1.165, 1.54) is 0 Å². The SMILES string of the molecule is CCOC(=O)CC1(c2cc(Br)ccc2OC)COC1. The fourth-order valence-electron chi connectivity index (χ4n) is 2.28. The van der Waals surface area contributed by atoms with Crippen LogP contribution < -0.4 is 4.74 Å². The molecule has 1 heterocycles. The van der Waals surface area contributed by atoms with Gasteiger partial charge in [0.1, 0.15) is 5.75 Å². The predicted octanol–water partition coefficient (Wildman–Crippen LogP) is 2.68. The van der Waals surface area contributed by atoms with E-state index in [1.807, 2.05) is 25.1 Å². The van der Waals surface area contributed by atoms with Crippen molar-refractivity contribution >= 4 is 21.9 Å². The number of rotatable bonds is 5. The first-order valence-corrected chi connectivity index (χ1v) is 6.98. The average molecular weight is 329 g/mol. The number of halogens is 1. The standard InChI is InChI=1S/C14H17BrO4/c1-3-19-13(16)7-14(8-18-9-14)11-6-10(15)4-5-12(11)17-2/h4-6H,3,7-9H2,1-2H3. The largest absolute Gasteiger partial charge is 0.496 e. The van der Waals surface area contributed by atoms with Crippen molar-refractivity contribution in [3.05, 3.63) is 28.2 Å². The first kappa shape index (κ1) is 14.3. The lowest BCUT2D eigenvalue weighted by molar-refractivity contribution is -0.151. The van der Waals surface area contributed by atoms with Gasteiger partial charge in [-0.05, 0) is 25.1 Å². The quantitative estimate of drug-likeness (QED) is 0.779. The molecule has 0 bridgehead atoms. The molecule has 0 saturated carbocycles. The molecule has 1 aromatic rings. The second-order valence-corrected chi connectivity index (χ2v) is 5.52. The van der Waals surface area contributed by atoms with E-state index in [-0.39, 0.29) is 11.4 Å². The van der Waals surface area contributed by atoms with Crippen molar-refractivity contribution in [1.82, 2.24) is 0 Å². The fraction of sp³-hybridized carbons (Fsp3) is 0.500. The van der Waals surface area contributed by atoms with Crippen LogP contribution in [-0.4, -0.2) is 32.9 Å². The molecule has 1 aromatic carbocycles. The van der Waals surface area contributed by atoms with E-state index in [2.05, 4.69) is 15.9 Å². The number of hydrogen-bond donors (Lipinski definition) is 0. The van der Waals surface area contributed by atoms with E-state index in [0.717, 1.165) is 15.8 Å². The van der Waals surface area contributed by atoms with E-state index in [0.29, 0.717) is 26.2 Å². The van der Waals surface area contributed by atoms with Gasteiger partial charge in [0.05, 0.1) is 38.8 Å². The van der Waals surface area contributed by atoms with Gasteiger partial charge in [-0.3, -0.25) is 4.79 Å². The van der Waals surface area contributed by atoms with E-state index >= 15 is 0 Å². The van der Waals surface area contributed by atoms with Gasteiger partial charge in [0.15, 0.2) is 0 Å². The minimum atomic E-state index is -0.332. The molecule has 1 fully saturated rings. The third-order valence-corrected chi connectivity index (χ3v) is 3.77. The average Bonchev–Trinajstić information content (AvgIpc) is 2.34. The van der Waals surface area contributed by atoms with Gasteiger partial charge in [0.25, 0.3) is 0 Å². The molecule has 1 aliphatic rings. The molecule has 5 heteroatoms. The van der Waals surface area contributed by atoms with Crippen LogP contribution in [0.1, 0.15) is 18.9 Å². The topological polar surface area (TPSA) is 44.8 Å². The summed E-state index contributed by atoms with van der Waals surface area (Å²) >= 11 is 3.46. The molecular weight excluding hydrogens is 312 g/mol. The van der Waals surface area contributed by atoms with Gasteiger partial charge in [0, 0.05) is 10.0 Å². The first-order chi connectivity index (χ1) is 9.11. The number of benzene rings is 1. The Hall–Kier alpha value is -1.07. The molecule has 4 nitrogen and oxygen atoms in total. The Labute approximate surface area is 121 Å². The Bertz CT molecular complexity index is 469. The third kappa shape index (κ3) is 2.92. The van der Waals surface area contributed by atoms with Gasteiger partial charge < -0.3 is 14.2 Å². The first-order valence-electron chi connectivity index (χ1n) is 6.18. The van der Waals surface area contributed by atoms with E-state index in [1.54, 1.807) is 7.11 Å². The Morgan fingerprint density at radius 1 is 1.47 bits per heavy atom. The monoisotopic (exact) mass is 328 g/mol. The van der Waals surface area contributed by atoms with Crippen molar-refractivity contribution in [3.8, 4) is 5.75 Å². The minimum absolute atomic E-state index is 0.201. The van der Waals surface area contributed by atoms with E-state index in [9.17, 15) is 4.79 Å². The summed E-state index contributed by atoms with van der Waals surface area (Å²) in [5, 5.41) is 0. The molecule has 0 amide bonds.